The van der Waals surface area contributed by atoms with Gasteiger partial charge in [0, 0.05) is 49.8 Å². The van der Waals surface area contributed by atoms with Gasteiger partial charge in [-0.3, -0.25) is 4.79 Å². The molecule has 1 amide bonds. The Morgan fingerprint density at radius 1 is 1.32 bits per heavy atom. The van der Waals surface area contributed by atoms with Crippen LogP contribution in [0.3, 0.4) is 0 Å². The van der Waals surface area contributed by atoms with Crippen molar-refractivity contribution in [3.05, 3.63) is 54.0 Å². The van der Waals surface area contributed by atoms with Crippen LogP contribution in [0.1, 0.15) is 29.3 Å². The predicted octanol–water partition coefficient (Wildman–Crippen LogP) is 1.76. The van der Waals surface area contributed by atoms with E-state index in [0.717, 1.165) is 29.9 Å². The summed E-state index contributed by atoms with van der Waals surface area (Å²) in [7, 11) is 0. The Morgan fingerprint density at radius 3 is 3.14 bits per heavy atom. The molecule has 5 rings (SSSR count). The van der Waals surface area contributed by atoms with Crippen LogP contribution in [0.25, 0.3) is 5.52 Å². The summed E-state index contributed by atoms with van der Waals surface area (Å²) < 4.78 is 7.54. The van der Waals surface area contributed by atoms with Crippen LogP contribution in [0.2, 0.25) is 0 Å². The molecule has 0 N–H and O–H groups in total. The lowest BCUT2D eigenvalue weighted by Crippen LogP contribution is -2.40. The first-order valence-electron chi connectivity index (χ1n) is 9.64. The molecular weight excluding hydrogens is 356 g/mol. The Balaban J connectivity index is 1.48. The van der Waals surface area contributed by atoms with Crippen LogP contribution >= 0.6 is 0 Å². The van der Waals surface area contributed by atoms with Crippen molar-refractivity contribution in [2.24, 2.45) is 0 Å². The van der Waals surface area contributed by atoms with E-state index in [1.165, 1.54) is 0 Å². The third-order valence-electron chi connectivity index (χ3n) is 5.55. The van der Waals surface area contributed by atoms with Crippen LogP contribution in [0.4, 0.5) is 5.82 Å². The van der Waals surface area contributed by atoms with Gasteiger partial charge in [-0.15, -0.1) is 5.10 Å². The number of amides is 1. The standard InChI is InChI=1S/C20H22N6O2/c1-2-28-18-9-17-12-24(11-15-4-3-6-21-19(15)25(17)13-18)20(27)14-5-7-26-16(8-14)10-22-23-26/h3-8,10,17-18H,2,9,11-13H2,1H3/t17-,18+/m0/s1. The first-order valence-corrected chi connectivity index (χ1v) is 9.64. The zero-order valence-corrected chi connectivity index (χ0v) is 15.7. The monoisotopic (exact) mass is 378 g/mol. The number of anilines is 1. The van der Waals surface area contributed by atoms with Gasteiger partial charge in [0.25, 0.3) is 5.91 Å². The van der Waals surface area contributed by atoms with Gasteiger partial charge in [0.15, 0.2) is 0 Å². The van der Waals surface area contributed by atoms with Crippen molar-refractivity contribution in [3.8, 4) is 0 Å². The molecule has 2 aliphatic rings. The zero-order valence-electron chi connectivity index (χ0n) is 15.7. The highest BCUT2D eigenvalue weighted by atomic mass is 16.5. The number of aromatic nitrogens is 4. The molecule has 8 nitrogen and oxygen atoms in total. The van der Waals surface area contributed by atoms with Gasteiger partial charge in [0.1, 0.15) is 5.82 Å². The fourth-order valence-corrected chi connectivity index (χ4v) is 4.30. The van der Waals surface area contributed by atoms with E-state index < -0.39 is 0 Å². The molecule has 0 saturated carbocycles. The van der Waals surface area contributed by atoms with Gasteiger partial charge in [0.05, 0.1) is 23.9 Å². The van der Waals surface area contributed by atoms with Crippen LogP contribution in [-0.4, -0.2) is 62.5 Å². The summed E-state index contributed by atoms with van der Waals surface area (Å²) in [6, 6.07) is 7.84. The van der Waals surface area contributed by atoms with Crippen molar-refractivity contribution >= 4 is 17.2 Å². The van der Waals surface area contributed by atoms with Crippen molar-refractivity contribution in [2.45, 2.75) is 32.0 Å². The average Bonchev–Trinajstić information content (AvgIpc) is 3.30. The Kier molecular flexibility index (Phi) is 4.20. The molecule has 0 aliphatic carbocycles. The van der Waals surface area contributed by atoms with Crippen LogP contribution in [0, 0.1) is 0 Å². The molecule has 28 heavy (non-hydrogen) atoms. The number of carbonyl (C=O) groups excluding carboxylic acids is 1. The second-order valence-corrected chi connectivity index (χ2v) is 7.31. The van der Waals surface area contributed by atoms with Crippen LogP contribution in [-0.2, 0) is 11.3 Å². The lowest BCUT2D eigenvalue weighted by Gasteiger charge is -2.26. The summed E-state index contributed by atoms with van der Waals surface area (Å²) in [4.78, 5) is 22.2. The SMILES string of the molecule is CCO[C@@H]1C[C@H]2CN(C(=O)c3ccn4nncc4c3)Cc3cccnc3N2C1. The van der Waals surface area contributed by atoms with Gasteiger partial charge in [-0.25, -0.2) is 9.50 Å². The second kappa shape index (κ2) is 6.87. The minimum absolute atomic E-state index is 0.0141. The smallest absolute Gasteiger partial charge is 0.254 e. The van der Waals surface area contributed by atoms with E-state index in [1.807, 2.05) is 30.2 Å². The summed E-state index contributed by atoms with van der Waals surface area (Å²) in [6.07, 6.45) is 6.33. The largest absolute Gasteiger partial charge is 0.377 e. The number of ether oxygens (including phenoxy) is 1. The minimum atomic E-state index is 0.0141. The molecule has 1 saturated heterocycles. The quantitative estimate of drug-likeness (QED) is 0.691. The van der Waals surface area contributed by atoms with Gasteiger partial charge in [0.2, 0.25) is 0 Å². The normalized spacial score (nSPS) is 21.5. The third kappa shape index (κ3) is 2.90. The Morgan fingerprint density at radius 2 is 2.25 bits per heavy atom. The van der Waals surface area contributed by atoms with Crippen LogP contribution < -0.4 is 4.90 Å². The third-order valence-corrected chi connectivity index (χ3v) is 5.55. The summed E-state index contributed by atoms with van der Waals surface area (Å²) in [5.74, 6) is 0.987. The molecule has 1 fully saturated rings. The van der Waals surface area contributed by atoms with Gasteiger partial charge in [-0.1, -0.05) is 11.3 Å². The maximum atomic E-state index is 13.3. The Bertz CT molecular complexity index is 1020. The lowest BCUT2D eigenvalue weighted by atomic mass is 10.1. The van der Waals surface area contributed by atoms with Crippen molar-refractivity contribution in [1.29, 1.82) is 0 Å². The fraction of sp³-hybridized carbons (Fsp3) is 0.400. The van der Waals surface area contributed by atoms with Gasteiger partial charge in [-0.05, 0) is 31.5 Å². The van der Waals surface area contributed by atoms with E-state index in [2.05, 4.69) is 26.3 Å². The first-order chi connectivity index (χ1) is 13.7. The predicted molar refractivity (Wildman–Crippen MR) is 103 cm³/mol. The highest BCUT2D eigenvalue weighted by Crippen LogP contribution is 2.33. The van der Waals surface area contributed by atoms with Crippen LogP contribution in [0.5, 0.6) is 0 Å². The van der Waals surface area contributed by atoms with Crippen molar-refractivity contribution < 1.29 is 9.53 Å². The molecule has 0 spiro atoms. The summed E-state index contributed by atoms with van der Waals surface area (Å²) in [5, 5.41) is 7.85. The average molecular weight is 378 g/mol. The number of rotatable bonds is 3. The number of pyridine rings is 2. The molecule has 3 aromatic rings. The van der Waals surface area contributed by atoms with Gasteiger partial charge in [-0.2, -0.15) is 0 Å². The van der Waals surface area contributed by atoms with Gasteiger partial charge < -0.3 is 14.5 Å². The molecular formula is C20H22N6O2. The maximum absolute atomic E-state index is 13.3. The number of carbonyl (C=O) groups is 1. The van der Waals surface area contributed by atoms with Crippen molar-refractivity contribution in [1.82, 2.24) is 24.7 Å². The Labute approximate surface area is 162 Å². The first kappa shape index (κ1) is 17.1. The topological polar surface area (TPSA) is 75.9 Å². The molecule has 2 atom stereocenters. The molecule has 144 valence electrons. The molecule has 2 aliphatic heterocycles. The molecule has 0 radical (unpaired) electrons. The molecule has 0 aromatic carbocycles. The Hall–Kier alpha value is -3.00. The second-order valence-electron chi connectivity index (χ2n) is 7.31. The number of hydrogen-bond donors (Lipinski definition) is 0. The zero-order chi connectivity index (χ0) is 19.1. The summed E-state index contributed by atoms with van der Waals surface area (Å²) in [5.41, 5.74) is 2.53. The summed E-state index contributed by atoms with van der Waals surface area (Å²) in [6.45, 7) is 4.74. The molecule has 0 bridgehead atoms. The maximum Gasteiger partial charge on any atom is 0.254 e. The van der Waals surface area contributed by atoms with Crippen LogP contribution in [0.15, 0.2) is 42.9 Å². The molecule has 3 aromatic heterocycles. The van der Waals surface area contributed by atoms with E-state index in [4.69, 9.17) is 4.74 Å². The molecule has 5 heterocycles. The van der Waals surface area contributed by atoms with E-state index >= 15 is 0 Å². The number of nitrogens with zero attached hydrogens (tertiary/aromatic N) is 6. The van der Waals surface area contributed by atoms with Crippen molar-refractivity contribution in [2.75, 3.05) is 24.6 Å². The van der Waals surface area contributed by atoms with E-state index in [0.29, 0.717) is 25.3 Å². The number of fused-ring (bicyclic) bond motifs is 4. The molecule has 8 heteroatoms. The van der Waals surface area contributed by atoms with Gasteiger partial charge >= 0.3 is 0 Å². The minimum Gasteiger partial charge on any atom is -0.377 e. The highest BCUT2D eigenvalue weighted by Gasteiger charge is 2.38. The molecule has 0 unspecified atom stereocenters. The number of hydrogen-bond acceptors (Lipinski definition) is 6. The summed E-state index contributed by atoms with van der Waals surface area (Å²) >= 11 is 0. The highest BCUT2D eigenvalue weighted by molar-refractivity contribution is 5.95. The van der Waals surface area contributed by atoms with E-state index in [9.17, 15) is 4.79 Å². The fourth-order valence-electron chi connectivity index (χ4n) is 4.30. The van der Waals surface area contributed by atoms with E-state index in [-0.39, 0.29) is 18.1 Å². The van der Waals surface area contributed by atoms with Crippen molar-refractivity contribution in [3.63, 3.8) is 0 Å². The lowest BCUT2D eigenvalue weighted by molar-refractivity contribution is 0.0678. The van der Waals surface area contributed by atoms with E-state index in [1.54, 1.807) is 23.0 Å².